The first-order chi connectivity index (χ1) is 12.9. The van der Waals surface area contributed by atoms with Crippen LogP contribution in [0.5, 0.6) is 11.5 Å². The van der Waals surface area contributed by atoms with Crippen LogP contribution in [-0.2, 0) is 11.3 Å². The summed E-state index contributed by atoms with van der Waals surface area (Å²) in [5, 5.41) is 11.1. The molecule has 3 rings (SSSR count). The van der Waals surface area contributed by atoms with Crippen molar-refractivity contribution in [3.8, 4) is 11.5 Å². The van der Waals surface area contributed by atoms with E-state index in [9.17, 15) is 14.0 Å². The highest BCUT2D eigenvalue weighted by molar-refractivity contribution is 5.78. The molecule has 1 aliphatic heterocycles. The average molecular weight is 375 g/mol. The van der Waals surface area contributed by atoms with Gasteiger partial charge in [-0.3, -0.25) is 10.5 Å². The monoisotopic (exact) mass is 375 g/mol. The highest BCUT2D eigenvalue weighted by Gasteiger charge is 2.41. The molecular weight excluding hydrogens is 357 g/mol. The van der Waals surface area contributed by atoms with Crippen LogP contribution >= 0.6 is 0 Å². The van der Waals surface area contributed by atoms with Gasteiger partial charge in [0.1, 0.15) is 17.3 Å². The standard InChI is InChI=1S/C18H18FN3O5/c1-18(27-17(24)21-25)11-22(16(23)20-18)10-12-2-6-14(7-3-12)26-15-8-4-13(19)5-9-15/h2-9,25H,10-11H2,1H3,(H,20,23)(H,21,24)/t18-/m1/s1. The van der Waals surface area contributed by atoms with Crippen molar-refractivity contribution in [2.45, 2.75) is 19.2 Å². The summed E-state index contributed by atoms with van der Waals surface area (Å²) in [6.07, 6.45) is -1.05. The fourth-order valence-electron chi connectivity index (χ4n) is 2.72. The SMILES string of the molecule is C[C@@]1(OC(=O)NO)CN(Cc2ccc(Oc3ccc(F)cc3)cc2)C(=O)N1. The fourth-order valence-corrected chi connectivity index (χ4v) is 2.72. The first-order valence-corrected chi connectivity index (χ1v) is 8.09. The number of hydrogen-bond acceptors (Lipinski definition) is 5. The summed E-state index contributed by atoms with van der Waals surface area (Å²) in [4.78, 5) is 24.7. The molecule has 0 radical (unpaired) electrons. The Morgan fingerprint density at radius 2 is 1.81 bits per heavy atom. The molecule has 0 spiro atoms. The van der Waals surface area contributed by atoms with E-state index in [1.54, 1.807) is 24.3 Å². The second-order valence-corrected chi connectivity index (χ2v) is 6.22. The van der Waals surface area contributed by atoms with E-state index in [2.05, 4.69) is 5.32 Å². The van der Waals surface area contributed by atoms with Gasteiger partial charge < -0.3 is 14.4 Å². The van der Waals surface area contributed by atoms with Gasteiger partial charge in [0.15, 0.2) is 0 Å². The zero-order valence-electron chi connectivity index (χ0n) is 14.4. The van der Waals surface area contributed by atoms with E-state index in [-0.39, 0.29) is 12.4 Å². The molecule has 1 aliphatic rings. The number of hydroxylamine groups is 1. The highest BCUT2D eigenvalue weighted by Crippen LogP contribution is 2.24. The first-order valence-electron chi connectivity index (χ1n) is 8.09. The number of benzene rings is 2. The van der Waals surface area contributed by atoms with E-state index in [0.29, 0.717) is 18.0 Å². The van der Waals surface area contributed by atoms with Crippen LogP contribution in [-0.4, -0.2) is 34.5 Å². The lowest BCUT2D eigenvalue weighted by Crippen LogP contribution is -2.46. The number of amides is 3. The predicted octanol–water partition coefficient (Wildman–Crippen LogP) is 2.97. The third-order valence-electron chi connectivity index (χ3n) is 3.91. The molecule has 2 aromatic rings. The van der Waals surface area contributed by atoms with Gasteiger partial charge in [0.25, 0.3) is 0 Å². The predicted molar refractivity (Wildman–Crippen MR) is 91.7 cm³/mol. The molecule has 1 atom stereocenters. The average Bonchev–Trinajstić information content (AvgIpc) is 2.91. The van der Waals surface area contributed by atoms with Crippen LogP contribution in [0.1, 0.15) is 12.5 Å². The van der Waals surface area contributed by atoms with Gasteiger partial charge in [-0.15, -0.1) is 0 Å². The number of urea groups is 1. The van der Waals surface area contributed by atoms with Crippen molar-refractivity contribution < 1.29 is 28.7 Å². The third kappa shape index (κ3) is 4.64. The first kappa shape index (κ1) is 18.5. The Bertz CT molecular complexity index is 828. The molecule has 0 unspecified atom stereocenters. The molecule has 0 aromatic heterocycles. The van der Waals surface area contributed by atoms with E-state index in [1.165, 1.54) is 41.6 Å². The lowest BCUT2D eigenvalue weighted by molar-refractivity contribution is -0.00436. The van der Waals surface area contributed by atoms with Gasteiger partial charge in [-0.05, 0) is 48.9 Å². The van der Waals surface area contributed by atoms with Crippen molar-refractivity contribution in [2.24, 2.45) is 0 Å². The quantitative estimate of drug-likeness (QED) is 0.551. The molecule has 3 amide bonds. The second-order valence-electron chi connectivity index (χ2n) is 6.22. The number of nitrogens with one attached hydrogen (secondary N) is 2. The minimum Gasteiger partial charge on any atom is -0.457 e. The number of ether oxygens (including phenoxy) is 2. The van der Waals surface area contributed by atoms with Gasteiger partial charge in [-0.25, -0.2) is 19.5 Å². The Balaban J connectivity index is 1.60. The zero-order valence-corrected chi connectivity index (χ0v) is 14.4. The number of halogens is 1. The maximum absolute atomic E-state index is 12.9. The molecular formula is C18H18FN3O5. The van der Waals surface area contributed by atoms with E-state index in [0.717, 1.165) is 5.56 Å². The van der Waals surface area contributed by atoms with Crippen LogP contribution in [0.2, 0.25) is 0 Å². The molecule has 0 aliphatic carbocycles. The van der Waals surface area contributed by atoms with Crippen molar-refractivity contribution >= 4 is 12.1 Å². The van der Waals surface area contributed by atoms with Gasteiger partial charge in [0, 0.05) is 6.54 Å². The van der Waals surface area contributed by atoms with Gasteiger partial charge in [-0.2, -0.15) is 0 Å². The van der Waals surface area contributed by atoms with Gasteiger partial charge >= 0.3 is 12.1 Å². The molecule has 142 valence electrons. The minimum atomic E-state index is -1.24. The van der Waals surface area contributed by atoms with Gasteiger partial charge in [0.2, 0.25) is 5.72 Å². The molecule has 2 aromatic carbocycles. The van der Waals surface area contributed by atoms with E-state index in [1.807, 2.05) is 0 Å². The smallest absolute Gasteiger partial charge is 0.433 e. The summed E-state index contributed by atoms with van der Waals surface area (Å²) in [6, 6.07) is 12.4. The van der Waals surface area contributed by atoms with E-state index < -0.39 is 17.8 Å². The van der Waals surface area contributed by atoms with Crippen molar-refractivity contribution in [3.05, 3.63) is 59.9 Å². The molecule has 0 bridgehead atoms. The molecule has 1 fully saturated rings. The van der Waals surface area contributed by atoms with Crippen LogP contribution < -0.4 is 15.5 Å². The van der Waals surface area contributed by atoms with Crippen LogP contribution in [0.25, 0.3) is 0 Å². The number of rotatable bonds is 5. The molecule has 1 saturated heterocycles. The van der Waals surface area contributed by atoms with Gasteiger partial charge in [0.05, 0.1) is 6.54 Å². The number of carbonyl (C=O) groups excluding carboxylic acids is 2. The molecule has 27 heavy (non-hydrogen) atoms. The summed E-state index contributed by atoms with van der Waals surface area (Å²) in [7, 11) is 0. The Labute approximate surface area is 154 Å². The summed E-state index contributed by atoms with van der Waals surface area (Å²) >= 11 is 0. The minimum absolute atomic E-state index is 0.118. The molecule has 8 nitrogen and oxygen atoms in total. The fraction of sp³-hybridized carbons (Fsp3) is 0.222. The Kier molecular flexibility index (Phi) is 5.13. The number of carbonyl (C=O) groups is 2. The highest BCUT2D eigenvalue weighted by atomic mass is 19.1. The molecule has 0 saturated carbocycles. The third-order valence-corrected chi connectivity index (χ3v) is 3.91. The summed E-state index contributed by atoms with van der Waals surface area (Å²) in [6.45, 7) is 1.94. The largest absolute Gasteiger partial charge is 0.457 e. The van der Waals surface area contributed by atoms with Crippen molar-refractivity contribution in [1.29, 1.82) is 0 Å². The van der Waals surface area contributed by atoms with Crippen molar-refractivity contribution in [3.63, 3.8) is 0 Å². The molecule has 1 heterocycles. The summed E-state index contributed by atoms with van der Waals surface area (Å²) in [5.41, 5.74) is 0.960. The number of hydrogen-bond donors (Lipinski definition) is 3. The second kappa shape index (κ2) is 7.50. The Morgan fingerprint density at radius 3 is 2.41 bits per heavy atom. The topological polar surface area (TPSA) is 100 Å². The maximum Gasteiger partial charge on any atom is 0.433 e. The van der Waals surface area contributed by atoms with Crippen LogP contribution in [0.3, 0.4) is 0 Å². The van der Waals surface area contributed by atoms with Crippen LogP contribution in [0.4, 0.5) is 14.0 Å². The normalized spacial score (nSPS) is 18.8. The van der Waals surface area contributed by atoms with Crippen LogP contribution in [0.15, 0.2) is 48.5 Å². The van der Waals surface area contributed by atoms with Gasteiger partial charge in [-0.1, -0.05) is 12.1 Å². The van der Waals surface area contributed by atoms with E-state index >= 15 is 0 Å². The lowest BCUT2D eigenvalue weighted by Gasteiger charge is -2.23. The Hall–Kier alpha value is -3.33. The Morgan fingerprint density at radius 1 is 1.22 bits per heavy atom. The van der Waals surface area contributed by atoms with Crippen molar-refractivity contribution in [1.82, 2.24) is 15.7 Å². The van der Waals surface area contributed by atoms with Crippen molar-refractivity contribution in [2.75, 3.05) is 6.54 Å². The lowest BCUT2D eigenvalue weighted by atomic mass is 10.2. The summed E-state index contributed by atoms with van der Waals surface area (Å²) in [5.74, 6) is 0.746. The zero-order chi connectivity index (χ0) is 19.4. The molecule has 3 N–H and O–H groups in total. The number of nitrogens with zero attached hydrogens (tertiary/aromatic N) is 1. The van der Waals surface area contributed by atoms with Crippen LogP contribution in [0, 0.1) is 5.82 Å². The van der Waals surface area contributed by atoms with E-state index in [4.69, 9.17) is 14.7 Å². The maximum atomic E-state index is 12.9. The molecule has 9 heteroatoms. The summed E-state index contributed by atoms with van der Waals surface area (Å²) < 4.78 is 23.5.